The van der Waals surface area contributed by atoms with Gasteiger partial charge in [0.25, 0.3) is 0 Å². The third-order valence-electron chi connectivity index (χ3n) is 4.94. The van der Waals surface area contributed by atoms with Crippen LogP contribution in [0.4, 0.5) is 0 Å². The molecule has 0 saturated heterocycles. The summed E-state index contributed by atoms with van der Waals surface area (Å²) in [4.78, 5) is 1.19. The summed E-state index contributed by atoms with van der Waals surface area (Å²) < 4.78 is 11.8. The lowest BCUT2D eigenvalue weighted by atomic mass is 9.97. The van der Waals surface area contributed by atoms with Gasteiger partial charge < -0.3 is 9.47 Å². The molecule has 1 aromatic heterocycles. The van der Waals surface area contributed by atoms with E-state index < -0.39 is 0 Å². The van der Waals surface area contributed by atoms with Gasteiger partial charge in [0.1, 0.15) is 11.5 Å². The Labute approximate surface area is 166 Å². The number of nitrogens with zero attached hydrogens (tertiary/aromatic N) is 2. The number of ether oxygens (including phenoxy) is 2. The highest BCUT2D eigenvalue weighted by Crippen LogP contribution is 2.48. The van der Waals surface area contributed by atoms with Crippen LogP contribution in [0.25, 0.3) is 0 Å². The maximum Gasteiger partial charge on any atom is 0.214 e. The van der Waals surface area contributed by atoms with E-state index in [0.717, 1.165) is 34.8 Å². The minimum Gasteiger partial charge on any atom is -0.497 e. The number of thiophene rings is 1. The van der Waals surface area contributed by atoms with Crippen molar-refractivity contribution in [3.05, 3.63) is 81.0 Å². The Bertz CT molecular complexity index is 1020. The first-order valence-electron chi connectivity index (χ1n) is 8.72. The second-order valence-electron chi connectivity index (χ2n) is 6.55. The largest absolute Gasteiger partial charge is 0.497 e. The molecule has 0 saturated carbocycles. The Morgan fingerprint density at radius 3 is 2.93 bits per heavy atom. The van der Waals surface area contributed by atoms with Crippen LogP contribution >= 0.6 is 22.9 Å². The van der Waals surface area contributed by atoms with Gasteiger partial charge in [-0.25, -0.2) is 5.01 Å². The Hall–Kier alpha value is -2.50. The van der Waals surface area contributed by atoms with Crippen molar-refractivity contribution in [3.63, 3.8) is 0 Å². The zero-order valence-electron chi connectivity index (χ0n) is 14.6. The van der Waals surface area contributed by atoms with Crippen LogP contribution in [0.2, 0.25) is 5.02 Å². The van der Waals surface area contributed by atoms with Gasteiger partial charge in [-0.1, -0.05) is 29.8 Å². The lowest BCUT2D eigenvalue weighted by molar-refractivity contribution is -0.0191. The van der Waals surface area contributed by atoms with Crippen molar-refractivity contribution in [2.45, 2.75) is 18.7 Å². The molecule has 0 N–H and O–H groups in total. The fourth-order valence-electron chi connectivity index (χ4n) is 3.66. The van der Waals surface area contributed by atoms with Crippen LogP contribution < -0.4 is 9.47 Å². The van der Waals surface area contributed by atoms with Crippen molar-refractivity contribution in [1.29, 1.82) is 0 Å². The van der Waals surface area contributed by atoms with Crippen molar-refractivity contribution in [3.8, 4) is 11.5 Å². The van der Waals surface area contributed by atoms with Gasteiger partial charge in [0.2, 0.25) is 6.23 Å². The summed E-state index contributed by atoms with van der Waals surface area (Å²) >= 11 is 7.98. The van der Waals surface area contributed by atoms with Crippen LogP contribution in [0.1, 0.15) is 34.7 Å². The first-order valence-corrected chi connectivity index (χ1v) is 9.98. The van der Waals surface area contributed by atoms with E-state index in [1.165, 1.54) is 4.88 Å². The predicted octanol–water partition coefficient (Wildman–Crippen LogP) is 5.65. The summed E-state index contributed by atoms with van der Waals surface area (Å²) in [6.45, 7) is 0. The molecule has 0 spiro atoms. The van der Waals surface area contributed by atoms with Gasteiger partial charge >= 0.3 is 0 Å². The van der Waals surface area contributed by atoms with Crippen molar-refractivity contribution in [2.75, 3.05) is 7.11 Å². The first-order chi connectivity index (χ1) is 13.2. The topological polar surface area (TPSA) is 34.1 Å². The normalized spacial score (nSPS) is 20.5. The van der Waals surface area contributed by atoms with Gasteiger partial charge in [-0.3, -0.25) is 0 Å². The van der Waals surface area contributed by atoms with Gasteiger partial charge in [0.15, 0.2) is 0 Å². The highest BCUT2D eigenvalue weighted by atomic mass is 35.5. The van der Waals surface area contributed by atoms with Gasteiger partial charge in [0.05, 0.1) is 23.7 Å². The highest BCUT2D eigenvalue weighted by molar-refractivity contribution is 7.12. The molecule has 0 radical (unpaired) electrons. The zero-order chi connectivity index (χ0) is 18.4. The third kappa shape index (κ3) is 2.87. The molecule has 0 amide bonds. The molecule has 6 heteroatoms. The van der Waals surface area contributed by atoms with Gasteiger partial charge in [-0.2, -0.15) is 5.10 Å². The number of hydrazone groups is 1. The van der Waals surface area contributed by atoms with Crippen LogP contribution in [0, 0.1) is 0 Å². The molecule has 2 aliphatic rings. The lowest BCUT2D eigenvalue weighted by Gasteiger charge is -2.38. The zero-order valence-corrected chi connectivity index (χ0v) is 16.2. The number of hydrogen-bond donors (Lipinski definition) is 0. The summed E-state index contributed by atoms with van der Waals surface area (Å²) in [5, 5.41) is 9.79. The van der Waals surface area contributed by atoms with E-state index in [-0.39, 0.29) is 12.3 Å². The van der Waals surface area contributed by atoms with E-state index in [9.17, 15) is 0 Å². The maximum absolute atomic E-state index is 6.36. The fraction of sp³-hybridized carbons (Fsp3) is 0.190. The van der Waals surface area contributed by atoms with Crippen molar-refractivity contribution < 1.29 is 9.47 Å². The molecule has 0 bridgehead atoms. The number of halogens is 1. The molecule has 2 aromatic carbocycles. The third-order valence-corrected chi connectivity index (χ3v) is 6.09. The molecular formula is C21H17ClN2O2S. The van der Waals surface area contributed by atoms with Gasteiger partial charge in [-0.15, -0.1) is 11.3 Å². The summed E-state index contributed by atoms with van der Waals surface area (Å²) in [5.41, 5.74) is 3.17. The number of benzene rings is 2. The summed E-state index contributed by atoms with van der Waals surface area (Å²) in [5.74, 6) is 1.66. The molecule has 5 rings (SSSR count). The molecule has 27 heavy (non-hydrogen) atoms. The fourth-order valence-corrected chi connectivity index (χ4v) is 4.57. The average molecular weight is 397 g/mol. The minimum atomic E-state index is -0.309. The molecule has 0 aliphatic carbocycles. The number of rotatable bonds is 3. The highest BCUT2D eigenvalue weighted by Gasteiger charge is 2.41. The van der Waals surface area contributed by atoms with E-state index in [1.54, 1.807) is 18.4 Å². The van der Waals surface area contributed by atoms with E-state index in [1.807, 2.05) is 42.5 Å². The average Bonchev–Trinajstić information content (AvgIpc) is 3.37. The van der Waals surface area contributed by atoms with E-state index >= 15 is 0 Å². The molecule has 2 atom stereocenters. The number of fused-ring (bicyclic) bond motifs is 3. The molecule has 4 nitrogen and oxygen atoms in total. The Balaban J connectivity index is 1.61. The minimum absolute atomic E-state index is 0.0979. The Kier molecular flexibility index (Phi) is 4.06. The smallest absolute Gasteiger partial charge is 0.214 e. The van der Waals surface area contributed by atoms with E-state index in [0.29, 0.717) is 5.02 Å². The second kappa shape index (κ2) is 6.59. The van der Waals surface area contributed by atoms with Crippen LogP contribution in [0.15, 0.2) is 65.1 Å². The standard InChI is InChI=1S/C21H17ClN2O2S/c1-25-15-5-2-4-13(10-15)21-24-18(12-17(23-24)20-6-3-9-27-20)16-11-14(22)7-8-19(16)26-21/h2-11,18,21H,12H2,1H3/t18-,21+/m0/s1. The van der Waals surface area contributed by atoms with E-state index in [2.05, 4.69) is 22.5 Å². The maximum atomic E-state index is 6.36. The van der Waals surface area contributed by atoms with Crippen LogP contribution in [-0.2, 0) is 0 Å². The summed E-state index contributed by atoms with van der Waals surface area (Å²) in [6.07, 6.45) is 0.522. The molecule has 2 aliphatic heterocycles. The van der Waals surface area contributed by atoms with Crippen LogP contribution in [0.5, 0.6) is 11.5 Å². The summed E-state index contributed by atoms with van der Waals surface area (Å²) in [7, 11) is 1.67. The predicted molar refractivity (Wildman–Crippen MR) is 108 cm³/mol. The van der Waals surface area contributed by atoms with Crippen molar-refractivity contribution in [2.24, 2.45) is 5.10 Å². The quantitative estimate of drug-likeness (QED) is 0.573. The van der Waals surface area contributed by atoms with Crippen molar-refractivity contribution >= 4 is 28.6 Å². The molecule has 0 fully saturated rings. The van der Waals surface area contributed by atoms with Crippen LogP contribution in [-0.4, -0.2) is 17.8 Å². The SMILES string of the molecule is COc1cccc([C@H]2Oc3ccc(Cl)cc3[C@@H]3CC(c4cccs4)=NN23)c1. The van der Waals surface area contributed by atoms with Gasteiger partial charge in [0, 0.05) is 22.6 Å². The van der Waals surface area contributed by atoms with E-state index in [4.69, 9.17) is 26.2 Å². The molecule has 3 aromatic rings. The lowest BCUT2D eigenvalue weighted by Crippen LogP contribution is -2.33. The van der Waals surface area contributed by atoms with Crippen LogP contribution in [0.3, 0.4) is 0 Å². The number of hydrogen-bond acceptors (Lipinski definition) is 5. The molecule has 136 valence electrons. The Morgan fingerprint density at radius 2 is 2.11 bits per heavy atom. The molecule has 3 heterocycles. The molecule has 0 unspecified atom stereocenters. The first kappa shape index (κ1) is 16.7. The van der Waals surface area contributed by atoms with Gasteiger partial charge in [-0.05, 0) is 41.8 Å². The molecular weight excluding hydrogens is 380 g/mol. The van der Waals surface area contributed by atoms with Crippen molar-refractivity contribution in [1.82, 2.24) is 5.01 Å². The Morgan fingerprint density at radius 1 is 1.19 bits per heavy atom. The second-order valence-corrected chi connectivity index (χ2v) is 7.94. The summed E-state index contributed by atoms with van der Waals surface area (Å²) in [6, 6.07) is 18.0. The monoisotopic (exact) mass is 396 g/mol. The number of methoxy groups -OCH3 is 1.